The Labute approximate surface area is 152 Å². The van der Waals surface area contributed by atoms with Crippen LogP contribution in [0.1, 0.15) is 0 Å². The molecule has 0 saturated carbocycles. The minimum atomic E-state index is -0.725. The maximum Gasteiger partial charge on any atom is 0.141 e. The third kappa shape index (κ3) is 3.29. The normalized spacial score (nSPS) is 10.9. The Morgan fingerprint density at radius 3 is 2.33 bits per heavy atom. The van der Waals surface area contributed by atoms with E-state index in [1.54, 1.807) is 18.2 Å². The van der Waals surface area contributed by atoms with Gasteiger partial charge in [0.25, 0.3) is 0 Å². The minimum absolute atomic E-state index is 0.0524. The zero-order chi connectivity index (χ0) is 19.0. The van der Waals surface area contributed by atoms with Gasteiger partial charge in [-0.3, -0.25) is 0 Å². The van der Waals surface area contributed by atoms with Crippen molar-refractivity contribution in [2.75, 3.05) is 5.32 Å². The van der Waals surface area contributed by atoms with Crippen LogP contribution in [0, 0.1) is 17.5 Å². The van der Waals surface area contributed by atoms with Crippen molar-refractivity contribution in [2.45, 2.75) is 0 Å². The summed E-state index contributed by atoms with van der Waals surface area (Å²) in [6.07, 6.45) is 1.43. The van der Waals surface area contributed by atoms with Gasteiger partial charge in [-0.05, 0) is 41.3 Å². The summed E-state index contributed by atoms with van der Waals surface area (Å²) in [5, 5.41) is 13.2. The van der Waals surface area contributed by atoms with Gasteiger partial charge in [0.15, 0.2) is 0 Å². The van der Waals surface area contributed by atoms with Crippen molar-refractivity contribution in [1.82, 2.24) is 4.98 Å². The lowest BCUT2D eigenvalue weighted by atomic mass is 10.00. The van der Waals surface area contributed by atoms with Gasteiger partial charge < -0.3 is 10.4 Å². The number of pyridine rings is 1. The number of rotatable bonds is 3. The molecule has 0 aliphatic heterocycles. The Kier molecular flexibility index (Phi) is 4.16. The van der Waals surface area contributed by atoms with Crippen LogP contribution in [0.5, 0.6) is 5.75 Å². The number of aromatic nitrogens is 1. The second-order valence-electron chi connectivity index (χ2n) is 6.02. The third-order valence-electron chi connectivity index (χ3n) is 4.15. The molecule has 0 amide bonds. The molecule has 4 rings (SSSR count). The Hall–Kier alpha value is -3.54. The van der Waals surface area contributed by atoms with E-state index < -0.39 is 17.5 Å². The number of nitrogens with zero attached hydrogens (tertiary/aromatic N) is 1. The number of anilines is 2. The highest BCUT2D eigenvalue weighted by Gasteiger charge is 2.14. The van der Waals surface area contributed by atoms with Crippen LogP contribution < -0.4 is 5.32 Å². The minimum Gasteiger partial charge on any atom is -0.508 e. The summed E-state index contributed by atoms with van der Waals surface area (Å²) in [7, 11) is 0. The lowest BCUT2D eigenvalue weighted by Gasteiger charge is -2.13. The monoisotopic (exact) mass is 366 g/mol. The first-order valence-corrected chi connectivity index (χ1v) is 8.11. The fraction of sp³-hybridized carbons (Fsp3) is 0. The first-order valence-electron chi connectivity index (χ1n) is 8.11. The second-order valence-corrected chi connectivity index (χ2v) is 6.02. The van der Waals surface area contributed by atoms with Gasteiger partial charge in [0, 0.05) is 29.6 Å². The molecule has 0 unspecified atom stereocenters. The van der Waals surface area contributed by atoms with E-state index in [0.29, 0.717) is 16.6 Å². The van der Waals surface area contributed by atoms with Gasteiger partial charge in [0.2, 0.25) is 0 Å². The largest absolute Gasteiger partial charge is 0.508 e. The van der Waals surface area contributed by atoms with Gasteiger partial charge in [-0.2, -0.15) is 0 Å². The maximum absolute atomic E-state index is 14.6. The Balaban J connectivity index is 1.91. The van der Waals surface area contributed by atoms with E-state index >= 15 is 0 Å². The highest BCUT2D eigenvalue weighted by molar-refractivity contribution is 6.02. The Bertz CT molecular complexity index is 1140. The summed E-state index contributed by atoms with van der Waals surface area (Å²) in [5.41, 5.74) is 1.19. The van der Waals surface area contributed by atoms with E-state index in [-0.39, 0.29) is 22.5 Å². The quantitative estimate of drug-likeness (QED) is 0.484. The van der Waals surface area contributed by atoms with Crippen LogP contribution in [0.15, 0.2) is 66.9 Å². The number of hydrogen-bond acceptors (Lipinski definition) is 3. The summed E-state index contributed by atoms with van der Waals surface area (Å²) >= 11 is 0. The molecule has 2 N–H and O–H groups in total. The fourth-order valence-corrected chi connectivity index (χ4v) is 3.01. The molecular weight excluding hydrogens is 353 g/mol. The summed E-state index contributed by atoms with van der Waals surface area (Å²) in [4.78, 5) is 4.25. The van der Waals surface area contributed by atoms with Gasteiger partial charge in [-0.1, -0.05) is 18.2 Å². The smallest absolute Gasteiger partial charge is 0.141 e. The Morgan fingerprint density at radius 1 is 0.852 bits per heavy atom. The molecule has 0 bridgehead atoms. The van der Waals surface area contributed by atoms with Gasteiger partial charge >= 0.3 is 0 Å². The molecule has 134 valence electrons. The van der Waals surface area contributed by atoms with E-state index in [9.17, 15) is 18.3 Å². The van der Waals surface area contributed by atoms with Crippen LogP contribution in [0.3, 0.4) is 0 Å². The predicted molar refractivity (Wildman–Crippen MR) is 98.4 cm³/mol. The van der Waals surface area contributed by atoms with E-state index in [4.69, 9.17) is 0 Å². The zero-order valence-corrected chi connectivity index (χ0v) is 13.9. The molecule has 1 heterocycles. The standard InChI is InChI=1S/C21H13F3N2O/c22-13-7-12(8-14(23)9-13)18-11-25-21(20-17(18)5-2-6-19(20)24)26-15-3-1-4-16(27)10-15/h1-11,27H,(H,25,26). The van der Waals surface area contributed by atoms with Crippen LogP contribution in [0.4, 0.5) is 24.7 Å². The van der Waals surface area contributed by atoms with Gasteiger partial charge in [-0.15, -0.1) is 0 Å². The topological polar surface area (TPSA) is 45.1 Å². The number of hydrogen-bond donors (Lipinski definition) is 2. The van der Waals surface area contributed by atoms with Crippen molar-refractivity contribution in [3.63, 3.8) is 0 Å². The number of phenols is 1. The molecule has 0 aliphatic rings. The molecule has 1 aromatic heterocycles. The molecule has 3 nitrogen and oxygen atoms in total. The molecule has 0 radical (unpaired) electrons. The molecule has 0 aliphatic carbocycles. The van der Waals surface area contributed by atoms with Crippen molar-refractivity contribution in [1.29, 1.82) is 0 Å². The van der Waals surface area contributed by atoms with Crippen LogP contribution >= 0.6 is 0 Å². The number of halogens is 3. The SMILES string of the molecule is Oc1cccc(Nc2ncc(-c3cc(F)cc(F)c3)c3cccc(F)c23)c1. The van der Waals surface area contributed by atoms with Crippen molar-refractivity contribution in [3.8, 4) is 16.9 Å². The first kappa shape index (κ1) is 16.9. The third-order valence-corrected chi connectivity index (χ3v) is 4.15. The van der Waals surface area contributed by atoms with Gasteiger partial charge in [0.1, 0.15) is 29.0 Å². The van der Waals surface area contributed by atoms with E-state index in [1.807, 2.05) is 0 Å². The average Bonchev–Trinajstić information content (AvgIpc) is 2.61. The lowest BCUT2D eigenvalue weighted by molar-refractivity contribution is 0.475. The van der Waals surface area contributed by atoms with Gasteiger partial charge in [-0.25, -0.2) is 18.2 Å². The molecule has 27 heavy (non-hydrogen) atoms. The molecular formula is C21H13F3N2O. The molecule has 4 aromatic rings. The van der Waals surface area contributed by atoms with Crippen molar-refractivity contribution >= 4 is 22.3 Å². The van der Waals surface area contributed by atoms with Crippen LogP contribution in [0.25, 0.3) is 21.9 Å². The van der Waals surface area contributed by atoms with Crippen LogP contribution in [0.2, 0.25) is 0 Å². The number of aromatic hydroxyl groups is 1. The number of benzene rings is 3. The highest BCUT2D eigenvalue weighted by Crippen LogP contribution is 2.35. The first-order chi connectivity index (χ1) is 13.0. The maximum atomic E-state index is 14.6. The average molecular weight is 366 g/mol. The zero-order valence-electron chi connectivity index (χ0n) is 13.9. The van der Waals surface area contributed by atoms with Crippen molar-refractivity contribution in [3.05, 3.63) is 84.3 Å². The molecule has 0 fully saturated rings. The summed E-state index contributed by atoms with van der Waals surface area (Å²) in [5.74, 6) is -1.69. The van der Waals surface area contributed by atoms with Crippen molar-refractivity contribution < 1.29 is 18.3 Å². The Morgan fingerprint density at radius 2 is 1.59 bits per heavy atom. The summed E-state index contributed by atoms with van der Waals surface area (Å²) < 4.78 is 41.9. The summed E-state index contributed by atoms with van der Waals surface area (Å²) in [6.45, 7) is 0. The molecule has 3 aromatic carbocycles. The van der Waals surface area contributed by atoms with Crippen molar-refractivity contribution in [2.24, 2.45) is 0 Å². The predicted octanol–water partition coefficient (Wildman–Crippen LogP) is 5.77. The molecule has 0 saturated heterocycles. The van der Waals surface area contributed by atoms with Gasteiger partial charge in [0.05, 0.1) is 5.39 Å². The molecule has 0 spiro atoms. The number of fused-ring (bicyclic) bond motifs is 1. The van der Waals surface area contributed by atoms with E-state index in [1.165, 1.54) is 42.6 Å². The second kappa shape index (κ2) is 6.64. The molecule has 0 atom stereocenters. The number of nitrogens with one attached hydrogen (secondary N) is 1. The van der Waals surface area contributed by atoms with Crippen LogP contribution in [-0.4, -0.2) is 10.1 Å². The summed E-state index contributed by atoms with van der Waals surface area (Å²) in [6, 6.07) is 13.9. The van der Waals surface area contributed by atoms with E-state index in [0.717, 1.165) is 6.07 Å². The fourth-order valence-electron chi connectivity index (χ4n) is 3.01. The van der Waals surface area contributed by atoms with Crippen LogP contribution in [-0.2, 0) is 0 Å². The highest BCUT2D eigenvalue weighted by atomic mass is 19.1. The molecule has 6 heteroatoms. The number of phenolic OH excluding ortho intramolecular Hbond substituents is 1. The lowest BCUT2D eigenvalue weighted by Crippen LogP contribution is -1.98. The van der Waals surface area contributed by atoms with E-state index in [2.05, 4.69) is 10.3 Å².